The molecule has 4 aliphatic rings. The van der Waals surface area contributed by atoms with Gasteiger partial charge in [0, 0.05) is 45.1 Å². The molecule has 2 aliphatic heterocycles. The Morgan fingerprint density at radius 2 is 0.538 bits per heavy atom. The Bertz CT molecular complexity index is 2590. The predicted molar refractivity (Wildman–Crippen MR) is 206 cm³/mol. The molecule has 0 N–H and O–H groups in total. The summed E-state index contributed by atoms with van der Waals surface area (Å²) in [5.74, 6) is -0.668. The van der Waals surface area contributed by atoms with Gasteiger partial charge < -0.3 is 0 Å². The monoisotopic (exact) mass is 678 g/mol. The fraction of sp³-hybridized carbons (Fsp3) is 0.261. The average Bonchev–Trinajstić information content (AvgIpc) is 3.18. The van der Waals surface area contributed by atoms with E-state index in [0.29, 0.717) is 22.3 Å². The highest BCUT2D eigenvalue weighted by Crippen LogP contribution is 2.50. The van der Waals surface area contributed by atoms with Crippen LogP contribution >= 0.6 is 0 Å². The Labute approximate surface area is 298 Å². The molecule has 0 atom stereocenters. The number of benzene rings is 8. The van der Waals surface area contributed by atoms with Crippen molar-refractivity contribution < 1.29 is 19.2 Å². The Morgan fingerprint density at radius 3 is 0.808 bits per heavy atom. The van der Waals surface area contributed by atoms with Gasteiger partial charge in [-0.15, -0.1) is 0 Å². The van der Waals surface area contributed by atoms with Crippen LogP contribution in [-0.2, 0) is 0 Å². The standard InChI is InChI=1S/C46H34N2O4/c49-43-33-19-15-29-25-11-13-27-31-17-21-35-42-36(46(52)48(45(35)51)24-9-5-2-6-10-24)22-18-32(40(31)42)28-14-12-26(37(25)38(27)28)30-16-20-34(41(33)39(29)30)44(50)47(43)23-7-3-1-4-8-23/h11-24H,1-10H2. The van der Waals surface area contributed by atoms with E-state index in [2.05, 4.69) is 48.5 Å². The maximum absolute atomic E-state index is 14.1. The van der Waals surface area contributed by atoms with Crippen molar-refractivity contribution in [3.05, 3.63) is 95.1 Å². The molecule has 2 aliphatic carbocycles. The molecule has 0 saturated heterocycles. The van der Waals surface area contributed by atoms with E-state index in [4.69, 9.17) is 0 Å². The van der Waals surface area contributed by atoms with Crippen LogP contribution in [0.4, 0.5) is 0 Å². The van der Waals surface area contributed by atoms with Crippen LogP contribution in [-0.4, -0.2) is 45.5 Å². The lowest BCUT2D eigenvalue weighted by Gasteiger charge is -2.36. The zero-order chi connectivity index (χ0) is 34.6. The first-order chi connectivity index (χ1) is 25.5. The molecule has 8 aromatic rings. The Hall–Kier alpha value is -5.62. The van der Waals surface area contributed by atoms with E-state index >= 15 is 0 Å². The van der Waals surface area contributed by atoms with Gasteiger partial charge in [0.05, 0.1) is 0 Å². The van der Waals surface area contributed by atoms with E-state index in [1.165, 1.54) is 0 Å². The molecule has 8 aromatic carbocycles. The van der Waals surface area contributed by atoms with Crippen LogP contribution in [0.3, 0.4) is 0 Å². The number of fused-ring (bicyclic) bond motifs is 4. The summed E-state index contributed by atoms with van der Waals surface area (Å²) >= 11 is 0. The maximum Gasteiger partial charge on any atom is 0.261 e. The summed E-state index contributed by atoms with van der Waals surface area (Å²) < 4.78 is 0. The summed E-state index contributed by atoms with van der Waals surface area (Å²) in [6.07, 6.45) is 9.98. The van der Waals surface area contributed by atoms with Crippen LogP contribution in [0.15, 0.2) is 72.8 Å². The smallest absolute Gasteiger partial charge is 0.261 e. The minimum atomic E-state index is -0.167. The van der Waals surface area contributed by atoms with E-state index in [1.807, 2.05) is 24.3 Å². The molecule has 52 heavy (non-hydrogen) atoms. The lowest BCUT2D eigenvalue weighted by atomic mass is 9.80. The average molecular weight is 679 g/mol. The molecule has 4 amide bonds. The summed E-state index contributed by atoms with van der Waals surface area (Å²) in [6, 6.07) is 24.8. The van der Waals surface area contributed by atoms with Crippen molar-refractivity contribution >= 4 is 99.0 Å². The van der Waals surface area contributed by atoms with Crippen LogP contribution in [0.1, 0.15) is 106 Å². The topological polar surface area (TPSA) is 74.8 Å². The molecule has 252 valence electrons. The highest BCUT2D eigenvalue weighted by molar-refractivity contribution is 6.45. The molecule has 2 fully saturated rings. The minimum absolute atomic E-state index is 0.0402. The van der Waals surface area contributed by atoms with E-state index in [1.54, 1.807) is 9.80 Å². The van der Waals surface area contributed by atoms with Crippen LogP contribution in [0, 0.1) is 0 Å². The summed E-state index contributed by atoms with van der Waals surface area (Å²) in [4.78, 5) is 59.5. The molecule has 2 heterocycles. The van der Waals surface area contributed by atoms with Crippen molar-refractivity contribution in [3.8, 4) is 0 Å². The number of hydrogen-bond donors (Lipinski definition) is 0. The highest BCUT2D eigenvalue weighted by Gasteiger charge is 2.40. The first-order valence-electron chi connectivity index (χ1n) is 19.1. The lowest BCUT2D eigenvalue weighted by molar-refractivity contribution is 0.0487. The molecule has 6 heteroatoms. The van der Waals surface area contributed by atoms with Crippen molar-refractivity contribution in [1.82, 2.24) is 9.80 Å². The van der Waals surface area contributed by atoms with Crippen LogP contribution in [0.5, 0.6) is 0 Å². The first kappa shape index (κ1) is 29.0. The van der Waals surface area contributed by atoms with E-state index < -0.39 is 0 Å². The van der Waals surface area contributed by atoms with Gasteiger partial charge in [0.15, 0.2) is 0 Å². The second kappa shape index (κ2) is 10.0. The Kier molecular flexibility index (Phi) is 5.60. The number of rotatable bonds is 2. The molecule has 0 radical (unpaired) electrons. The summed E-state index contributed by atoms with van der Waals surface area (Å²) in [5.41, 5.74) is 2.48. The van der Waals surface area contributed by atoms with Crippen molar-refractivity contribution in [2.24, 2.45) is 0 Å². The zero-order valence-corrected chi connectivity index (χ0v) is 28.7. The van der Waals surface area contributed by atoms with Crippen molar-refractivity contribution in [2.75, 3.05) is 0 Å². The Balaban J connectivity index is 1.12. The zero-order valence-electron chi connectivity index (χ0n) is 28.7. The van der Waals surface area contributed by atoms with Gasteiger partial charge in [0.2, 0.25) is 0 Å². The predicted octanol–water partition coefficient (Wildman–Crippen LogP) is 10.5. The van der Waals surface area contributed by atoms with Gasteiger partial charge in [-0.25, -0.2) is 0 Å². The molecule has 12 rings (SSSR count). The number of carbonyl (C=O) groups is 4. The third-order valence-electron chi connectivity index (χ3n) is 13.3. The molecule has 2 saturated carbocycles. The third kappa shape index (κ3) is 3.42. The van der Waals surface area contributed by atoms with Crippen molar-refractivity contribution in [3.63, 3.8) is 0 Å². The van der Waals surface area contributed by atoms with E-state index in [9.17, 15) is 19.2 Å². The molecular weight excluding hydrogens is 645 g/mol. The second-order valence-corrected chi connectivity index (χ2v) is 15.8. The molecule has 0 unspecified atom stereocenters. The summed E-state index contributed by atoms with van der Waals surface area (Å²) in [7, 11) is 0. The maximum atomic E-state index is 14.1. The normalized spacial score (nSPS) is 19.1. The summed E-state index contributed by atoms with van der Waals surface area (Å²) in [5, 5.41) is 14.3. The number of carbonyl (C=O) groups excluding carboxylic acids is 4. The van der Waals surface area contributed by atoms with Gasteiger partial charge in [-0.3, -0.25) is 29.0 Å². The van der Waals surface area contributed by atoms with Gasteiger partial charge in [0.1, 0.15) is 0 Å². The summed E-state index contributed by atoms with van der Waals surface area (Å²) in [6.45, 7) is 0. The van der Waals surface area contributed by atoms with Crippen molar-refractivity contribution in [1.29, 1.82) is 0 Å². The van der Waals surface area contributed by atoms with Crippen LogP contribution in [0.25, 0.3) is 75.4 Å². The fourth-order valence-electron chi connectivity index (χ4n) is 11.0. The van der Waals surface area contributed by atoms with Crippen molar-refractivity contribution in [2.45, 2.75) is 76.3 Å². The van der Waals surface area contributed by atoms with E-state index in [-0.39, 0.29) is 35.7 Å². The second-order valence-electron chi connectivity index (χ2n) is 15.8. The Morgan fingerprint density at radius 1 is 0.308 bits per heavy atom. The molecule has 0 bridgehead atoms. The van der Waals surface area contributed by atoms with Crippen LogP contribution in [0.2, 0.25) is 0 Å². The van der Waals surface area contributed by atoms with Gasteiger partial charge >= 0.3 is 0 Å². The third-order valence-corrected chi connectivity index (χ3v) is 13.3. The van der Waals surface area contributed by atoms with Gasteiger partial charge in [0.25, 0.3) is 23.6 Å². The number of hydrogen-bond acceptors (Lipinski definition) is 4. The minimum Gasteiger partial charge on any atom is -0.271 e. The molecular formula is C46H34N2O4. The number of nitrogens with zero attached hydrogens (tertiary/aromatic N) is 2. The first-order valence-corrected chi connectivity index (χ1v) is 19.1. The van der Waals surface area contributed by atoms with Gasteiger partial charge in [-0.1, -0.05) is 87.1 Å². The highest BCUT2D eigenvalue weighted by atomic mass is 16.2. The van der Waals surface area contributed by atoms with Gasteiger partial charge in [-0.05, 0) is 115 Å². The largest absolute Gasteiger partial charge is 0.271 e. The lowest BCUT2D eigenvalue weighted by Crippen LogP contribution is -2.47. The van der Waals surface area contributed by atoms with Gasteiger partial charge in [-0.2, -0.15) is 0 Å². The molecule has 6 nitrogen and oxygen atoms in total. The number of imide groups is 2. The quantitative estimate of drug-likeness (QED) is 0.104. The SMILES string of the molecule is O=C1c2ccc3c4ccc5c6ccc7c8c(ccc(c9ccc(c%10ccc(c2c3%10)C(=O)N1C1CCCCC1)c4c59)c86)C(=O)N(C1CCCCC1)C7=O. The fourth-order valence-corrected chi connectivity index (χ4v) is 11.0. The van der Waals surface area contributed by atoms with E-state index in [0.717, 1.165) is 140 Å². The number of amides is 4. The van der Waals surface area contributed by atoms with Crippen LogP contribution < -0.4 is 0 Å². The molecule has 0 spiro atoms. The molecule has 0 aromatic heterocycles.